The number of rotatable bonds is 0. The van der Waals surface area contributed by atoms with Crippen molar-refractivity contribution in [2.24, 2.45) is 5.92 Å². The maximum Gasteiger partial charge on any atom is 0.118 e. The van der Waals surface area contributed by atoms with Gasteiger partial charge in [0.05, 0.1) is 20.1 Å². The van der Waals surface area contributed by atoms with E-state index in [4.69, 9.17) is 0 Å². The molecule has 0 N–H and O–H groups in total. The number of hydrogen-bond donors (Lipinski definition) is 0. The molecule has 1 saturated heterocycles. The van der Waals surface area contributed by atoms with E-state index < -0.39 is 0 Å². The molecule has 0 amide bonds. The van der Waals surface area contributed by atoms with Crippen LogP contribution in [0.25, 0.3) is 0 Å². The van der Waals surface area contributed by atoms with Crippen LogP contribution in [0.15, 0.2) is 11.1 Å². The third kappa shape index (κ3) is 1.13. The van der Waals surface area contributed by atoms with E-state index in [1.54, 1.807) is 0 Å². The highest BCUT2D eigenvalue weighted by Crippen LogP contribution is 2.52. The minimum absolute atomic E-state index is 0.517. The zero-order valence-electron chi connectivity index (χ0n) is 10.5. The van der Waals surface area contributed by atoms with E-state index in [1.165, 1.54) is 49.7 Å². The highest BCUT2D eigenvalue weighted by atomic mass is 15.4. The molecule has 2 heterocycles. The SMILES string of the molecule is CC1CC2(C)C3=C(CCC3)CC[N+]2(C)C1. The predicted molar refractivity (Wildman–Crippen MR) is 63.6 cm³/mol. The van der Waals surface area contributed by atoms with E-state index in [1.807, 2.05) is 11.1 Å². The van der Waals surface area contributed by atoms with Crippen LogP contribution >= 0.6 is 0 Å². The quantitative estimate of drug-likeness (QED) is 0.422. The van der Waals surface area contributed by atoms with Gasteiger partial charge in [0.15, 0.2) is 0 Å². The lowest BCUT2D eigenvalue weighted by Crippen LogP contribution is -2.59. The van der Waals surface area contributed by atoms with Crippen molar-refractivity contribution >= 4 is 0 Å². The zero-order chi connectivity index (χ0) is 10.7. The molecule has 1 aliphatic carbocycles. The average molecular weight is 206 g/mol. The Labute approximate surface area is 93.7 Å². The van der Waals surface area contributed by atoms with Gasteiger partial charge in [-0.3, -0.25) is 0 Å². The van der Waals surface area contributed by atoms with Crippen molar-refractivity contribution in [2.45, 2.75) is 51.5 Å². The van der Waals surface area contributed by atoms with Crippen LogP contribution in [0, 0.1) is 5.92 Å². The van der Waals surface area contributed by atoms with Crippen LogP contribution in [0.2, 0.25) is 0 Å². The van der Waals surface area contributed by atoms with Gasteiger partial charge in [-0.25, -0.2) is 0 Å². The third-order valence-corrected chi connectivity index (χ3v) is 5.54. The van der Waals surface area contributed by atoms with Crippen molar-refractivity contribution in [3.63, 3.8) is 0 Å². The second-order valence-corrected chi connectivity index (χ2v) is 6.57. The fraction of sp³-hybridized carbons (Fsp3) is 0.857. The second-order valence-electron chi connectivity index (χ2n) is 6.57. The maximum absolute atomic E-state index is 2.55. The Hall–Kier alpha value is -0.300. The normalized spacial score (nSPS) is 49.4. The minimum Gasteiger partial charge on any atom is -0.317 e. The summed E-state index contributed by atoms with van der Waals surface area (Å²) in [5.41, 5.74) is 4.24. The fourth-order valence-electron chi connectivity index (χ4n) is 4.75. The Morgan fingerprint density at radius 3 is 2.87 bits per heavy atom. The Morgan fingerprint density at radius 1 is 1.27 bits per heavy atom. The Bertz CT molecular complexity index is 330. The lowest BCUT2D eigenvalue weighted by atomic mass is 9.80. The fourth-order valence-corrected chi connectivity index (χ4v) is 4.75. The van der Waals surface area contributed by atoms with Gasteiger partial charge in [0, 0.05) is 18.8 Å². The summed E-state index contributed by atoms with van der Waals surface area (Å²) in [5, 5.41) is 0. The van der Waals surface area contributed by atoms with Crippen molar-refractivity contribution in [1.29, 1.82) is 0 Å². The third-order valence-electron chi connectivity index (χ3n) is 5.54. The molecule has 0 aromatic heterocycles. The molecule has 84 valence electrons. The molecule has 0 bridgehead atoms. The van der Waals surface area contributed by atoms with Crippen molar-refractivity contribution < 1.29 is 4.48 Å². The monoisotopic (exact) mass is 206 g/mol. The Kier molecular flexibility index (Phi) is 1.90. The molecule has 3 atom stereocenters. The first-order valence-electron chi connectivity index (χ1n) is 6.61. The second kappa shape index (κ2) is 2.88. The lowest BCUT2D eigenvalue weighted by molar-refractivity contribution is -0.941. The zero-order valence-corrected chi connectivity index (χ0v) is 10.5. The highest BCUT2D eigenvalue weighted by Gasteiger charge is 2.56. The molecule has 3 rings (SSSR count). The molecule has 15 heavy (non-hydrogen) atoms. The van der Waals surface area contributed by atoms with Gasteiger partial charge >= 0.3 is 0 Å². The first-order chi connectivity index (χ1) is 7.05. The molecule has 0 saturated carbocycles. The van der Waals surface area contributed by atoms with Gasteiger partial charge in [-0.15, -0.1) is 0 Å². The van der Waals surface area contributed by atoms with Crippen molar-refractivity contribution in [1.82, 2.24) is 0 Å². The highest BCUT2D eigenvalue weighted by molar-refractivity contribution is 5.30. The van der Waals surface area contributed by atoms with E-state index in [0.717, 1.165) is 5.92 Å². The largest absolute Gasteiger partial charge is 0.317 e. The molecule has 0 aromatic carbocycles. The van der Waals surface area contributed by atoms with Gasteiger partial charge in [-0.2, -0.15) is 0 Å². The lowest BCUT2D eigenvalue weighted by Gasteiger charge is -2.48. The van der Waals surface area contributed by atoms with Gasteiger partial charge in [0.1, 0.15) is 5.54 Å². The van der Waals surface area contributed by atoms with E-state index in [0.29, 0.717) is 5.54 Å². The van der Waals surface area contributed by atoms with Crippen LogP contribution < -0.4 is 0 Å². The summed E-state index contributed by atoms with van der Waals surface area (Å²) in [6, 6.07) is 0. The first kappa shape index (κ1) is 9.89. The number of fused-ring (bicyclic) bond motifs is 2. The molecule has 0 radical (unpaired) electrons. The van der Waals surface area contributed by atoms with Gasteiger partial charge in [0.25, 0.3) is 0 Å². The smallest absolute Gasteiger partial charge is 0.118 e. The molecule has 0 spiro atoms. The molecule has 3 aliphatic rings. The number of hydrogen-bond acceptors (Lipinski definition) is 0. The Balaban J connectivity index is 2.07. The average Bonchev–Trinajstić information content (AvgIpc) is 2.67. The van der Waals surface area contributed by atoms with E-state index >= 15 is 0 Å². The summed E-state index contributed by atoms with van der Waals surface area (Å²) in [4.78, 5) is 0. The summed E-state index contributed by atoms with van der Waals surface area (Å²) in [6.45, 7) is 7.81. The van der Waals surface area contributed by atoms with Crippen LogP contribution in [-0.4, -0.2) is 30.2 Å². The number of likely N-dealkylation sites (N-methyl/N-ethyl adjacent to an activating group) is 1. The Morgan fingerprint density at radius 2 is 2.07 bits per heavy atom. The summed E-state index contributed by atoms with van der Waals surface area (Å²) in [5.74, 6) is 0.924. The van der Waals surface area contributed by atoms with E-state index in [-0.39, 0.29) is 0 Å². The van der Waals surface area contributed by atoms with Crippen molar-refractivity contribution in [3.8, 4) is 0 Å². The molecule has 0 aromatic rings. The first-order valence-corrected chi connectivity index (χ1v) is 6.61. The number of nitrogens with zero attached hydrogens (tertiary/aromatic N) is 1. The summed E-state index contributed by atoms with van der Waals surface area (Å²) in [7, 11) is 2.51. The molecular formula is C14H24N+. The summed E-state index contributed by atoms with van der Waals surface area (Å²) < 4.78 is 1.34. The predicted octanol–water partition coefficient (Wildman–Crippen LogP) is 3.12. The maximum atomic E-state index is 2.55. The minimum atomic E-state index is 0.517. The van der Waals surface area contributed by atoms with Crippen molar-refractivity contribution in [2.75, 3.05) is 20.1 Å². The van der Waals surface area contributed by atoms with Crippen LogP contribution in [-0.2, 0) is 0 Å². The van der Waals surface area contributed by atoms with Gasteiger partial charge in [-0.1, -0.05) is 12.5 Å². The van der Waals surface area contributed by atoms with Crippen LogP contribution in [0.4, 0.5) is 0 Å². The topological polar surface area (TPSA) is 0 Å². The van der Waals surface area contributed by atoms with Gasteiger partial charge < -0.3 is 4.48 Å². The van der Waals surface area contributed by atoms with Crippen LogP contribution in [0.1, 0.15) is 46.0 Å². The standard InChI is InChI=1S/C14H24N/c1-11-9-14(2)13-6-4-5-12(13)7-8-15(14,3)10-11/h11H,4-10H2,1-3H3/q+1. The molecule has 1 fully saturated rings. The molecule has 3 unspecified atom stereocenters. The van der Waals surface area contributed by atoms with Gasteiger partial charge in [0.2, 0.25) is 0 Å². The van der Waals surface area contributed by atoms with Gasteiger partial charge in [-0.05, 0) is 31.8 Å². The molecule has 1 nitrogen and oxygen atoms in total. The summed E-state index contributed by atoms with van der Waals surface area (Å²) in [6.07, 6.45) is 7.09. The van der Waals surface area contributed by atoms with E-state index in [2.05, 4.69) is 20.9 Å². The molecule has 2 aliphatic heterocycles. The van der Waals surface area contributed by atoms with Crippen LogP contribution in [0.3, 0.4) is 0 Å². The number of quaternary nitrogens is 1. The molecular weight excluding hydrogens is 182 g/mol. The van der Waals surface area contributed by atoms with E-state index in [9.17, 15) is 0 Å². The van der Waals surface area contributed by atoms with Crippen LogP contribution in [0.5, 0.6) is 0 Å². The molecule has 1 heteroatoms. The van der Waals surface area contributed by atoms with Crippen molar-refractivity contribution in [3.05, 3.63) is 11.1 Å². The summed E-state index contributed by atoms with van der Waals surface area (Å²) >= 11 is 0.